The van der Waals surface area contributed by atoms with Crippen LogP contribution in [0.1, 0.15) is 25.3 Å². The van der Waals surface area contributed by atoms with Gasteiger partial charge in [-0.15, -0.1) is 0 Å². The molecule has 4 nitrogen and oxygen atoms in total. The molecule has 0 saturated heterocycles. The van der Waals surface area contributed by atoms with Crippen LogP contribution in [0.3, 0.4) is 0 Å². The van der Waals surface area contributed by atoms with Crippen LogP contribution >= 0.6 is 11.6 Å². The third kappa shape index (κ3) is 6.57. The number of hydrogen-bond acceptors (Lipinski definition) is 4. The van der Waals surface area contributed by atoms with Crippen LogP contribution in [-0.4, -0.2) is 38.1 Å². The molecule has 114 valence electrons. The van der Waals surface area contributed by atoms with E-state index in [0.717, 1.165) is 24.2 Å². The molecule has 1 aromatic rings. The molecular formula is C15H24ClNO3. The molecular weight excluding hydrogens is 278 g/mol. The molecule has 1 rings (SSSR count). The number of aliphatic hydroxyl groups excluding tert-OH is 1. The van der Waals surface area contributed by atoms with E-state index < -0.39 is 6.10 Å². The molecule has 0 aliphatic heterocycles. The summed E-state index contributed by atoms with van der Waals surface area (Å²) in [6, 6.07) is 5.46. The fourth-order valence-electron chi connectivity index (χ4n) is 1.72. The van der Waals surface area contributed by atoms with Crippen LogP contribution in [0, 0.1) is 0 Å². The van der Waals surface area contributed by atoms with Crippen molar-refractivity contribution in [2.24, 2.45) is 0 Å². The Morgan fingerprint density at radius 3 is 2.85 bits per heavy atom. The van der Waals surface area contributed by atoms with Gasteiger partial charge in [-0.3, -0.25) is 0 Å². The van der Waals surface area contributed by atoms with Crippen molar-refractivity contribution in [1.29, 1.82) is 0 Å². The van der Waals surface area contributed by atoms with Gasteiger partial charge in [0.25, 0.3) is 0 Å². The first-order valence-electron chi connectivity index (χ1n) is 6.99. The van der Waals surface area contributed by atoms with Crippen LogP contribution < -0.4 is 10.1 Å². The zero-order valence-corrected chi connectivity index (χ0v) is 12.9. The standard InChI is InChI=1S/C15H24ClNO3/c1-3-4-7-19-10-14(18)11-20-15-6-5-13(16)8-12(15)9-17-2/h5-6,8,14,17-18H,3-4,7,9-11H2,1-2H3. The van der Waals surface area contributed by atoms with E-state index in [2.05, 4.69) is 12.2 Å². The molecule has 20 heavy (non-hydrogen) atoms. The first-order valence-corrected chi connectivity index (χ1v) is 7.36. The van der Waals surface area contributed by atoms with Crippen LogP contribution in [-0.2, 0) is 11.3 Å². The van der Waals surface area contributed by atoms with Gasteiger partial charge in [-0.05, 0) is 31.7 Å². The molecule has 1 unspecified atom stereocenters. The summed E-state index contributed by atoms with van der Waals surface area (Å²) in [7, 11) is 1.86. The largest absolute Gasteiger partial charge is 0.490 e. The monoisotopic (exact) mass is 301 g/mol. The molecule has 1 atom stereocenters. The van der Waals surface area contributed by atoms with Crippen molar-refractivity contribution in [3.8, 4) is 5.75 Å². The van der Waals surface area contributed by atoms with Crippen LogP contribution in [0.4, 0.5) is 0 Å². The SMILES string of the molecule is CCCCOCC(O)COc1ccc(Cl)cc1CNC. The molecule has 5 heteroatoms. The summed E-state index contributed by atoms with van der Waals surface area (Å²) in [5.41, 5.74) is 0.971. The molecule has 0 heterocycles. The molecule has 0 radical (unpaired) electrons. The minimum atomic E-state index is -0.620. The third-order valence-corrected chi connectivity index (χ3v) is 3.01. The Hall–Kier alpha value is -0.810. The van der Waals surface area contributed by atoms with Gasteiger partial charge in [0.2, 0.25) is 0 Å². The average Bonchev–Trinajstić information content (AvgIpc) is 2.43. The lowest BCUT2D eigenvalue weighted by atomic mass is 10.2. The number of hydrogen-bond donors (Lipinski definition) is 2. The molecule has 0 amide bonds. The van der Waals surface area contributed by atoms with Crippen molar-refractivity contribution in [2.45, 2.75) is 32.4 Å². The summed E-state index contributed by atoms with van der Waals surface area (Å²) in [5.74, 6) is 0.733. The number of rotatable bonds is 10. The van der Waals surface area contributed by atoms with Gasteiger partial charge < -0.3 is 19.9 Å². The normalized spacial score (nSPS) is 12.4. The number of aliphatic hydroxyl groups is 1. The van der Waals surface area contributed by atoms with Gasteiger partial charge in [0.1, 0.15) is 18.5 Å². The van der Waals surface area contributed by atoms with E-state index in [4.69, 9.17) is 21.1 Å². The van der Waals surface area contributed by atoms with Crippen molar-refractivity contribution in [1.82, 2.24) is 5.32 Å². The van der Waals surface area contributed by atoms with E-state index in [1.54, 1.807) is 6.07 Å². The lowest BCUT2D eigenvalue weighted by Crippen LogP contribution is -2.24. The maximum Gasteiger partial charge on any atom is 0.124 e. The topological polar surface area (TPSA) is 50.7 Å². The van der Waals surface area contributed by atoms with Gasteiger partial charge in [0.15, 0.2) is 0 Å². The maximum atomic E-state index is 9.79. The highest BCUT2D eigenvalue weighted by Crippen LogP contribution is 2.23. The Bertz CT molecular complexity index is 387. The smallest absolute Gasteiger partial charge is 0.124 e. The van der Waals surface area contributed by atoms with Crippen molar-refractivity contribution < 1.29 is 14.6 Å². The lowest BCUT2D eigenvalue weighted by molar-refractivity contribution is 0.0111. The van der Waals surface area contributed by atoms with Crippen molar-refractivity contribution in [3.63, 3.8) is 0 Å². The molecule has 0 aromatic heterocycles. The third-order valence-electron chi connectivity index (χ3n) is 2.77. The van der Waals surface area contributed by atoms with Crippen molar-refractivity contribution in [3.05, 3.63) is 28.8 Å². The fraction of sp³-hybridized carbons (Fsp3) is 0.600. The summed E-state index contributed by atoms with van der Waals surface area (Å²) in [6.07, 6.45) is 1.48. The Balaban J connectivity index is 2.40. The Morgan fingerprint density at radius 1 is 1.35 bits per heavy atom. The number of unbranched alkanes of at least 4 members (excludes halogenated alkanes) is 1. The second-order valence-corrected chi connectivity index (χ2v) is 5.11. The quantitative estimate of drug-likeness (QED) is 0.652. The fourth-order valence-corrected chi connectivity index (χ4v) is 1.91. The molecule has 1 aromatic carbocycles. The van der Waals surface area contributed by atoms with Crippen LogP contribution in [0.2, 0.25) is 5.02 Å². The van der Waals surface area contributed by atoms with Crippen LogP contribution in [0.25, 0.3) is 0 Å². The molecule has 2 N–H and O–H groups in total. The van der Waals surface area contributed by atoms with Gasteiger partial charge in [0, 0.05) is 23.7 Å². The summed E-state index contributed by atoms with van der Waals surface area (Å²) < 4.78 is 11.0. The average molecular weight is 302 g/mol. The first-order chi connectivity index (χ1) is 9.67. The van der Waals surface area contributed by atoms with E-state index in [-0.39, 0.29) is 6.61 Å². The summed E-state index contributed by atoms with van der Waals surface area (Å²) in [5, 5.41) is 13.5. The van der Waals surface area contributed by atoms with Gasteiger partial charge in [0.05, 0.1) is 6.61 Å². The molecule has 0 spiro atoms. The highest BCUT2D eigenvalue weighted by molar-refractivity contribution is 6.30. The second kappa shape index (κ2) is 10.00. The van der Waals surface area contributed by atoms with Crippen molar-refractivity contribution in [2.75, 3.05) is 26.9 Å². The highest BCUT2D eigenvalue weighted by Gasteiger charge is 2.09. The molecule has 0 aliphatic carbocycles. The van der Waals surface area contributed by atoms with E-state index in [1.807, 2.05) is 19.2 Å². The minimum Gasteiger partial charge on any atom is -0.490 e. The predicted octanol–water partition coefficient (Wildman–Crippen LogP) is 2.62. The van der Waals surface area contributed by atoms with Crippen LogP contribution in [0.5, 0.6) is 5.75 Å². The predicted molar refractivity (Wildman–Crippen MR) is 81.4 cm³/mol. The number of halogens is 1. The Labute approximate surface area is 126 Å². The van der Waals surface area contributed by atoms with Crippen molar-refractivity contribution >= 4 is 11.6 Å². The maximum absolute atomic E-state index is 9.79. The first kappa shape index (κ1) is 17.2. The van der Waals surface area contributed by atoms with Gasteiger partial charge in [-0.1, -0.05) is 24.9 Å². The molecule has 0 fully saturated rings. The number of nitrogens with one attached hydrogen (secondary N) is 1. The molecule has 0 saturated carbocycles. The van der Waals surface area contributed by atoms with E-state index in [9.17, 15) is 5.11 Å². The van der Waals surface area contributed by atoms with E-state index in [0.29, 0.717) is 24.8 Å². The van der Waals surface area contributed by atoms with E-state index >= 15 is 0 Å². The van der Waals surface area contributed by atoms with E-state index in [1.165, 1.54) is 0 Å². The summed E-state index contributed by atoms with van der Waals surface area (Å²) >= 11 is 5.96. The zero-order chi connectivity index (χ0) is 14.8. The molecule has 0 bridgehead atoms. The minimum absolute atomic E-state index is 0.213. The number of benzene rings is 1. The zero-order valence-electron chi connectivity index (χ0n) is 12.2. The Kier molecular flexibility index (Phi) is 8.62. The van der Waals surface area contributed by atoms with Crippen LogP contribution in [0.15, 0.2) is 18.2 Å². The van der Waals surface area contributed by atoms with Gasteiger partial charge in [-0.25, -0.2) is 0 Å². The summed E-state index contributed by atoms with van der Waals surface area (Å²) in [6.45, 7) is 3.96. The Morgan fingerprint density at radius 2 is 2.15 bits per heavy atom. The lowest BCUT2D eigenvalue weighted by Gasteiger charge is -2.15. The second-order valence-electron chi connectivity index (χ2n) is 4.68. The molecule has 0 aliphatic rings. The summed E-state index contributed by atoms with van der Waals surface area (Å²) in [4.78, 5) is 0. The number of ether oxygens (including phenoxy) is 2. The van der Waals surface area contributed by atoms with Gasteiger partial charge in [-0.2, -0.15) is 0 Å². The van der Waals surface area contributed by atoms with Gasteiger partial charge >= 0.3 is 0 Å². The highest BCUT2D eigenvalue weighted by atomic mass is 35.5.